The van der Waals surface area contributed by atoms with Gasteiger partial charge in [0.2, 0.25) is 0 Å². The van der Waals surface area contributed by atoms with Crippen molar-refractivity contribution in [2.75, 3.05) is 11.6 Å². The SMILES string of the molecule is CSc1nc(C)c(CCC(=O)O[C@@H](C)C(=O)Nc2ccc(C(C)C)cc2)c(C)n1. The van der Waals surface area contributed by atoms with Gasteiger partial charge in [0, 0.05) is 23.5 Å². The molecule has 0 unspecified atom stereocenters. The molecule has 0 saturated heterocycles. The lowest BCUT2D eigenvalue weighted by Gasteiger charge is -2.15. The number of aryl methyl sites for hydroxylation is 2. The van der Waals surface area contributed by atoms with Crippen molar-refractivity contribution < 1.29 is 14.3 Å². The van der Waals surface area contributed by atoms with Gasteiger partial charge in [-0.3, -0.25) is 9.59 Å². The third-order valence-electron chi connectivity index (χ3n) is 4.68. The van der Waals surface area contributed by atoms with E-state index >= 15 is 0 Å². The standard InChI is InChI=1S/C22H29N3O3S/c1-13(2)17-7-9-18(10-8-17)25-21(27)16(5)28-20(26)12-11-19-14(3)23-22(29-6)24-15(19)4/h7-10,13,16H,11-12H2,1-6H3,(H,25,27)/t16-/m0/s1. The van der Waals surface area contributed by atoms with E-state index in [1.54, 1.807) is 6.92 Å². The van der Waals surface area contributed by atoms with Crippen molar-refractivity contribution >= 4 is 29.3 Å². The summed E-state index contributed by atoms with van der Waals surface area (Å²) in [6.07, 6.45) is 1.71. The number of nitrogens with zero attached hydrogens (tertiary/aromatic N) is 2. The second-order valence-electron chi connectivity index (χ2n) is 7.26. The molecular formula is C22H29N3O3S. The second-order valence-corrected chi connectivity index (χ2v) is 8.03. The number of hydrogen-bond donors (Lipinski definition) is 1. The highest BCUT2D eigenvalue weighted by atomic mass is 32.2. The molecule has 1 N–H and O–H groups in total. The first kappa shape index (κ1) is 22.9. The number of carbonyl (C=O) groups is 2. The van der Waals surface area contributed by atoms with E-state index in [-0.39, 0.29) is 12.3 Å². The fourth-order valence-corrected chi connectivity index (χ4v) is 3.35. The van der Waals surface area contributed by atoms with Crippen molar-refractivity contribution in [3.8, 4) is 0 Å². The van der Waals surface area contributed by atoms with E-state index in [2.05, 4.69) is 29.1 Å². The Morgan fingerprint density at radius 3 is 2.17 bits per heavy atom. The zero-order valence-electron chi connectivity index (χ0n) is 17.9. The lowest BCUT2D eigenvalue weighted by Crippen LogP contribution is -2.30. The average Bonchev–Trinajstić information content (AvgIpc) is 2.67. The van der Waals surface area contributed by atoms with Gasteiger partial charge in [0.25, 0.3) is 5.91 Å². The number of esters is 1. The Morgan fingerprint density at radius 2 is 1.66 bits per heavy atom. The van der Waals surface area contributed by atoms with Crippen LogP contribution in [0.25, 0.3) is 0 Å². The van der Waals surface area contributed by atoms with Crippen LogP contribution in [0, 0.1) is 13.8 Å². The van der Waals surface area contributed by atoms with Crippen LogP contribution in [0.2, 0.25) is 0 Å². The number of hydrogen-bond acceptors (Lipinski definition) is 6. The van der Waals surface area contributed by atoms with Gasteiger partial charge in [-0.05, 0) is 62.6 Å². The monoisotopic (exact) mass is 415 g/mol. The van der Waals surface area contributed by atoms with Gasteiger partial charge in [0.15, 0.2) is 11.3 Å². The van der Waals surface area contributed by atoms with E-state index in [9.17, 15) is 9.59 Å². The molecule has 1 amide bonds. The molecule has 0 bridgehead atoms. The van der Waals surface area contributed by atoms with Crippen molar-refractivity contribution in [3.63, 3.8) is 0 Å². The maximum Gasteiger partial charge on any atom is 0.306 e. The molecule has 0 aliphatic rings. The number of nitrogens with one attached hydrogen (secondary N) is 1. The lowest BCUT2D eigenvalue weighted by atomic mass is 10.0. The highest BCUT2D eigenvalue weighted by Gasteiger charge is 2.19. The van der Waals surface area contributed by atoms with Gasteiger partial charge in [-0.25, -0.2) is 9.97 Å². The summed E-state index contributed by atoms with van der Waals surface area (Å²) in [6, 6.07) is 7.66. The van der Waals surface area contributed by atoms with Crippen LogP contribution >= 0.6 is 11.8 Å². The zero-order valence-corrected chi connectivity index (χ0v) is 18.7. The van der Waals surface area contributed by atoms with Crippen LogP contribution in [-0.2, 0) is 20.7 Å². The first-order chi connectivity index (χ1) is 13.7. The van der Waals surface area contributed by atoms with Gasteiger partial charge in [-0.2, -0.15) is 0 Å². The van der Waals surface area contributed by atoms with Gasteiger partial charge in [-0.1, -0.05) is 37.7 Å². The van der Waals surface area contributed by atoms with Crippen LogP contribution in [0.15, 0.2) is 29.4 Å². The van der Waals surface area contributed by atoms with Gasteiger partial charge < -0.3 is 10.1 Å². The summed E-state index contributed by atoms with van der Waals surface area (Å²) in [5, 5.41) is 3.50. The molecule has 2 aromatic rings. The molecule has 0 spiro atoms. The molecule has 7 heteroatoms. The molecule has 0 fully saturated rings. The molecule has 6 nitrogen and oxygen atoms in total. The second kappa shape index (κ2) is 10.4. The predicted octanol–water partition coefficient (Wildman–Crippen LogP) is 4.44. The first-order valence-corrected chi connectivity index (χ1v) is 10.9. The Balaban J connectivity index is 1.87. The zero-order chi connectivity index (χ0) is 21.6. The number of ether oxygens (including phenoxy) is 1. The molecule has 0 radical (unpaired) electrons. The summed E-state index contributed by atoms with van der Waals surface area (Å²) < 4.78 is 5.30. The minimum Gasteiger partial charge on any atom is -0.453 e. The maximum absolute atomic E-state index is 12.3. The van der Waals surface area contributed by atoms with Crippen LogP contribution < -0.4 is 5.32 Å². The van der Waals surface area contributed by atoms with E-state index in [1.807, 2.05) is 44.4 Å². The molecule has 0 saturated carbocycles. The molecule has 1 heterocycles. The third kappa shape index (κ3) is 6.56. The highest BCUT2D eigenvalue weighted by Crippen LogP contribution is 2.19. The van der Waals surface area contributed by atoms with Crippen molar-refractivity contribution in [1.82, 2.24) is 9.97 Å². The number of rotatable bonds is 8. The minimum absolute atomic E-state index is 0.171. The average molecular weight is 416 g/mol. The number of anilines is 1. The fourth-order valence-electron chi connectivity index (χ4n) is 2.89. The van der Waals surface area contributed by atoms with Crippen LogP contribution in [0.4, 0.5) is 5.69 Å². The van der Waals surface area contributed by atoms with E-state index in [1.165, 1.54) is 17.3 Å². The van der Waals surface area contributed by atoms with E-state index in [4.69, 9.17) is 4.74 Å². The fraction of sp³-hybridized carbons (Fsp3) is 0.455. The molecule has 1 atom stereocenters. The largest absolute Gasteiger partial charge is 0.453 e. The molecule has 1 aromatic heterocycles. The topological polar surface area (TPSA) is 81.2 Å². The molecule has 0 aliphatic carbocycles. The molecular weight excluding hydrogens is 386 g/mol. The summed E-state index contributed by atoms with van der Waals surface area (Å²) in [6.45, 7) is 9.62. The van der Waals surface area contributed by atoms with E-state index in [0.29, 0.717) is 18.0 Å². The molecule has 29 heavy (non-hydrogen) atoms. The number of thioether (sulfide) groups is 1. The summed E-state index contributed by atoms with van der Waals surface area (Å²) in [5.41, 5.74) is 4.56. The van der Waals surface area contributed by atoms with Crippen LogP contribution in [0.5, 0.6) is 0 Å². The predicted molar refractivity (Wildman–Crippen MR) is 116 cm³/mol. The van der Waals surface area contributed by atoms with Crippen LogP contribution in [0.1, 0.15) is 55.6 Å². The van der Waals surface area contributed by atoms with Gasteiger partial charge >= 0.3 is 5.97 Å². The molecule has 156 valence electrons. The Kier molecular flexibility index (Phi) is 8.20. The number of benzene rings is 1. The van der Waals surface area contributed by atoms with Crippen molar-refractivity contribution in [3.05, 3.63) is 46.8 Å². The normalized spacial score (nSPS) is 12.0. The first-order valence-electron chi connectivity index (χ1n) is 9.69. The summed E-state index contributed by atoms with van der Waals surface area (Å²) >= 11 is 1.49. The van der Waals surface area contributed by atoms with Gasteiger partial charge in [0.1, 0.15) is 0 Å². The summed E-state index contributed by atoms with van der Waals surface area (Å²) in [4.78, 5) is 33.3. The van der Waals surface area contributed by atoms with E-state index in [0.717, 1.165) is 22.1 Å². The Labute approximate surface area is 176 Å². The smallest absolute Gasteiger partial charge is 0.306 e. The van der Waals surface area contributed by atoms with Crippen molar-refractivity contribution in [2.24, 2.45) is 0 Å². The molecule has 1 aromatic carbocycles. The molecule has 2 rings (SSSR count). The van der Waals surface area contributed by atoms with Crippen molar-refractivity contribution in [2.45, 2.75) is 64.6 Å². The third-order valence-corrected chi connectivity index (χ3v) is 5.23. The molecule has 0 aliphatic heterocycles. The summed E-state index contributed by atoms with van der Waals surface area (Å²) in [5.74, 6) is -0.347. The van der Waals surface area contributed by atoms with Crippen molar-refractivity contribution in [1.29, 1.82) is 0 Å². The lowest BCUT2D eigenvalue weighted by molar-refractivity contribution is -0.153. The van der Waals surface area contributed by atoms with E-state index < -0.39 is 12.1 Å². The Bertz CT molecular complexity index is 843. The van der Waals surface area contributed by atoms with Crippen LogP contribution in [-0.4, -0.2) is 34.2 Å². The highest BCUT2D eigenvalue weighted by molar-refractivity contribution is 7.98. The summed E-state index contributed by atoms with van der Waals surface area (Å²) in [7, 11) is 0. The van der Waals surface area contributed by atoms with Gasteiger partial charge in [0.05, 0.1) is 0 Å². The number of aromatic nitrogens is 2. The quantitative estimate of drug-likeness (QED) is 0.390. The number of carbonyl (C=O) groups excluding carboxylic acids is 2. The minimum atomic E-state index is -0.871. The van der Waals surface area contributed by atoms with Gasteiger partial charge in [-0.15, -0.1) is 0 Å². The number of amides is 1. The Hall–Kier alpha value is -2.41. The maximum atomic E-state index is 12.3. The van der Waals surface area contributed by atoms with Crippen LogP contribution in [0.3, 0.4) is 0 Å². The Morgan fingerprint density at radius 1 is 1.07 bits per heavy atom.